The van der Waals surface area contributed by atoms with Crippen LogP contribution in [0.3, 0.4) is 0 Å². The lowest BCUT2D eigenvalue weighted by Gasteiger charge is -2.29. The van der Waals surface area contributed by atoms with Gasteiger partial charge in [-0.1, -0.05) is 112 Å². The fraction of sp³-hybridized carbons (Fsp3) is 0.588. The molecule has 51 heteroatoms. The number of amides is 15. The van der Waals surface area contributed by atoms with Gasteiger partial charge in [-0.3, -0.25) is 104 Å². The van der Waals surface area contributed by atoms with Crippen molar-refractivity contribution in [3.05, 3.63) is 65.7 Å². The Morgan fingerprint density at radius 3 is 1.37 bits per heavy atom. The maximum atomic E-state index is 15.2. The average molecular weight is 1880 g/mol. The number of rotatable bonds is 51. The number of nitrogens with two attached hydrogens (primary N) is 7. The Labute approximate surface area is 766 Å². The minimum Gasteiger partial charge on any atom is -0.508 e. The SMILES string of the molecule is CC[C@H](C)[C@H](NC(=O)[C@H](CCCNC(=N)N)NC(=O)[C@H](CC(C)C)NC(=O)[C@H](Cc1ccc(O)cc1)NC(=O)[C@H](CC(C)C)NC(=O)[C@H](CCCNC(=N)N)NC(=O)C1CSSC[C@H](N)C(=O)NC(CCCNC(=N)N)C(=O)NCC(=O)N[C@@H](CC(=O)O)C(=O)NC(Cc2ccccc2)C(=O)N1)C(=O)NCC(=O)N[C@@H](CCCNC(=N)N)C(=O)N[C@@H](CCCNC(=N)N)C(N)=O. The number of aromatic hydroxyl groups is 1. The van der Waals surface area contributed by atoms with Gasteiger partial charge >= 0.3 is 5.97 Å². The summed E-state index contributed by atoms with van der Waals surface area (Å²) in [5.74, 6) is -20.0. The number of carbonyl (C=O) groups excluding carboxylic acids is 15. The molecule has 1 saturated heterocycles. The second-order valence-corrected chi connectivity index (χ2v) is 34.6. The molecule has 1 heterocycles. The van der Waals surface area contributed by atoms with E-state index in [-0.39, 0.29) is 170 Å². The van der Waals surface area contributed by atoms with Crippen LogP contribution >= 0.6 is 21.6 Å². The molecule has 0 aromatic heterocycles. The molecule has 14 atom stereocenters. The molecule has 1 aliphatic rings. The Kier molecular flexibility index (Phi) is 51.1. The van der Waals surface area contributed by atoms with Crippen molar-refractivity contribution in [3.8, 4) is 5.75 Å². The number of carboxylic acid groups (broad SMARTS) is 1. The second-order valence-electron chi connectivity index (χ2n) is 32.0. The van der Waals surface area contributed by atoms with Gasteiger partial charge in [0.05, 0.1) is 25.6 Å². The van der Waals surface area contributed by atoms with E-state index in [2.05, 4.69) is 101 Å². The van der Waals surface area contributed by atoms with E-state index in [0.29, 0.717) is 11.1 Å². The van der Waals surface area contributed by atoms with E-state index in [9.17, 15) is 67.7 Å². The molecule has 3 unspecified atom stereocenters. The lowest BCUT2D eigenvalue weighted by molar-refractivity contribution is -0.141. The Balaban J connectivity index is 2.11. The number of phenolic OH excluding ortho intramolecular Hbond substituents is 1. The van der Waals surface area contributed by atoms with E-state index in [1.54, 1.807) is 71.9 Å². The molecule has 131 heavy (non-hydrogen) atoms. The van der Waals surface area contributed by atoms with Gasteiger partial charge in [0.1, 0.15) is 78.3 Å². The normalized spacial score (nSPS) is 17.8. The number of carbonyl (C=O) groups is 16. The van der Waals surface area contributed by atoms with Crippen LogP contribution in [0.4, 0.5) is 0 Å². The second kappa shape index (κ2) is 59.8. The molecular formula is C80H133N31O18S2. The molecule has 3 rings (SSSR count). The Bertz CT molecular complexity index is 4220. The van der Waals surface area contributed by atoms with Crippen LogP contribution in [0.25, 0.3) is 0 Å². The number of phenols is 1. The lowest BCUT2D eigenvalue weighted by Crippen LogP contribution is -2.61. The zero-order valence-corrected chi connectivity index (χ0v) is 76.0. The summed E-state index contributed by atoms with van der Waals surface area (Å²) in [4.78, 5) is 226. The molecule has 0 aliphatic carbocycles. The number of carboxylic acids is 1. The maximum absolute atomic E-state index is 15.2. The minimum atomic E-state index is -1.89. The smallest absolute Gasteiger partial charge is 0.305 e. The summed E-state index contributed by atoms with van der Waals surface area (Å²) >= 11 is 0. The van der Waals surface area contributed by atoms with Gasteiger partial charge in [-0.15, -0.1) is 0 Å². The van der Waals surface area contributed by atoms with E-state index in [1.807, 2.05) is 0 Å². The Hall–Kier alpha value is -13.2. The van der Waals surface area contributed by atoms with Crippen LogP contribution in [-0.2, 0) is 89.6 Å². The monoisotopic (exact) mass is 1880 g/mol. The first-order valence-corrected chi connectivity index (χ1v) is 45.3. The molecule has 1 fully saturated rings. The predicted molar refractivity (Wildman–Crippen MR) is 490 cm³/mol. The van der Waals surface area contributed by atoms with Gasteiger partial charge < -0.3 is 151 Å². The highest BCUT2D eigenvalue weighted by Crippen LogP contribution is 2.24. The summed E-state index contributed by atoms with van der Waals surface area (Å²) in [7, 11) is 1.87. The molecule has 0 saturated carbocycles. The highest BCUT2D eigenvalue weighted by molar-refractivity contribution is 8.76. The third-order valence-electron chi connectivity index (χ3n) is 19.9. The topological polar surface area (TPSA) is 844 Å². The van der Waals surface area contributed by atoms with E-state index >= 15 is 19.2 Å². The quantitative estimate of drug-likeness (QED) is 0.0127. The summed E-state index contributed by atoms with van der Waals surface area (Å²) in [6.07, 6.45) is -1.61. The largest absolute Gasteiger partial charge is 0.508 e. The number of benzene rings is 2. The third-order valence-corrected chi connectivity index (χ3v) is 22.4. The highest BCUT2D eigenvalue weighted by atomic mass is 33.1. The van der Waals surface area contributed by atoms with Crippen molar-refractivity contribution >= 4 is 146 Å². The highest BCUT2D eigenvalue weighted by Gasteiger charge is 2.39. The zero-order chi connectivity index (χ0) is 98.0. The number of guanidine groups is 5. The molecule has 0 radical (unpaired) electrons. The molecule has 0 spiro atoms. The van der Waals surface area contributed by atoms with Crippen LogP contribution in [0.1, 0.15) is 143 Å². The van der Waals surface area contributed by atoms with Gasteiger partial charge in [0.15, 0.2) is 29.8 Å². The third kappa shape index (κ3) is 46.0. The van der Waals surface area contributed by atoms with Gasteiger partial charge in [0.25, 0.3) is 0 Å². The summed E-state index contributed by atoms with van der Waals surface area (Å²) < 4.78 is 0. The van der Waals surface area contributed by atoms with Crippen molar-refractivity contribution in [1.82, 2.24) is 101 Å². The molecule has 1 aliphatic heterocycles. The van der Waals surface area contributed by atoms with Gasteiger partial charge in [-0.25, -0.2) is 0 Å². The van der Waals surface area contributed by atoms with Crippen LogP contribution in [0.15, 0.2) is 54.6 Å². The van der Waals surface area contributed by atoms with Crippen molar-refractivity contribution < 1.29 is 86.9 Å². The summed E-state index contributed by atoms with van der Waals surface area (Å²) in [5.41, 5.74) is 40.2. The van der Waals surface area contributed by atoms with Gasteiger partial charge in [0, 0.05) is 57.1 Å². The first-order valence-electron chi connectivity index (χ1n) is 42.8. The molecule has 728 valence electrons. The number of aliphatic carboxylic acids is 1. The first kappa shape index (κ1) is 112. The van der Waals surface area contributed by atoms with Crippen LogP contribution in [-0.4, -0.2) is 270 Å². The van der Waals surface area contributed by atoms with Gasteiger partial charge in [-0.05, 0) is 118 Å². The fourth-order valence-electron chi connectivity index (χ4n) is 12.9. The standard InChI is InChI=1S/C80H133N31O18S2/c1-7-43(6)62(75(129)99-38-59(113)100-50(20-13-29-95-78(87)88)66(120)102-48(63(82)117)18-11-27-93-76(83)84)111-68(122)52(22-15-31-97-80(91)92)104-69(123)53(32-41(2)3)107-71(125)56(35-45-23-25-46(112)26-24-45)108-70(124)54(33-42(4)5)106-67(121)51(21-14-30-96-79(89)90)105-74(128)58-40-131-130-39-47(81)64(118)103-49(19-12-28-94-77(85)86)65(119)98-37-60(114)101-57(36-61(115)116)73(127)109-55(72(126)110-58)34-44-16-9-8-10-17-44/h8-10,16-17,23-26,41-43,47-58,62,112H,7,11-15,18-22,27-40,81H2,1-6H3,(H2,82,117)(H,98,119)(H,99,129)(H,100,113)(H,101,114)(H,102,120)(H,103,118)(H,104,123)(H,105,128)(H,106,121)(H,107,125)(H,108,124)(H,109,127)(H,110,126)(H,111,122)(H,115,116)(H4,83,84,93)(H4,85,86,94)(H4,87,88,95)(H4,89,90,96)(H4,91,92,97)/t43-,47-,48-,49?,50-,51-,52-,53-,54-,55?,56-,57-,58?,62-/m0/s1. The van der Waals surface area contributed by atoms with E-state index in [4.69, 9.17) is 67.2 Å². The molecule has 40 N–H and O–H groups in total. The van der Waals surface area contributed by atoms with Crippen LogP contribution in [0.5, 0.6) is 5.75 Å². The summed E-state index contributed by atoms with van der Waals surface area (Å²) in [6, 6.07) is -5.97. The van der Waals surface area contributed by atoms with E-state index in [1.165, 1.54) is 24.3 Å². The Morgan fingerprint density at radius 2 is 0.885 bits per heavy atom. The number of hydrogen-bond donors (Lipinski definition) is 33. The molecule has 2 aromatic carbocycles. The predicted octanol–water partition coefficient (Wildman–Crippen LogP) is -7.64. The number of primary amides is 1. The molecule has 49 nitrogen and oxygen atoms in total. The zero-order valence-electron chi connectivity index (χ0n) is 74.4. The fourth-order valence-corrected chi connectivity index (χ4v) is 15.2. The van der Waals surface area contributed by atoms with Crippen molar-refractivity contribution in [2.45, 2.75) is 223 Å². The van der Waals surface area contributed by atoms with Crippen molar-refractivity contribution in [2.24, 2.45) is 57.9 Å². The van der Waals surface area contributed by atoms with Crippen LogP contribution in [0.2, 0.25) is 0 Å². The van der Waals surface area contributed by atoms with E-state index < -0.39 is 216 Å². The molecule has 15 amide bonds. The van der Waals surface area contributed by atoms with Crippen molar-refractivity contribution in [2.75, 3.05) is 57.3 Å². The first-order chi connectivity index (χ1) is 61.9. The lowest BCUT2D eigenvalue weighted by atomic mass is 9.97. The Morgan fingerprint density at radius 1 is 0.458 bits per heavy atom. The van der Waals surface area contributed by atoms with Gasteiger partial charge in [-0.2, -0.15) is 0 Å². The molecule has 2 aromatic rings. The van der Waals surface area contributed by atoms with Crippen molar-refractivity contribution in [3.63, 3.8) is 0 Å². The van der Waals surface area contributed by atoms with Crippen LogP contribution < -0.4 is 141 Å². The van der Waals surface area contributed by atoms with E-state index in [0.717, 1.165) is 21.6 Å². The summed E-state index contributed by atoms with van der Waals surface area (Å²) in [5, 5.41) is 107. The number of nitrogens with one attached hydrogen (secondary N) is 24. The maximum Gasteiger partial charge on any atom is 0.305 e. The number of hydrogen-bond acceptors (Lipinski definition) is 25. The average Bonchev–Trinajstić information content (AvgIpc) is 0.848. The minimum absolute atomic E-state index is 0.00829. The van der Waals surface area contributed by atoms with Crippen LogP contribution in [0, 0.1) is 44.8 Å². The van der Waals surface area contributed by atoms with Crippen molar-refractivity contribution in [1.29, 1.82) is 27.0 Å². The summed E-state index contributed by atoms with van der Waals surface area (Å²) in [6.45, 7) is 8.93. The molecular weight excluding hydrogens is 1750 g/mol. The molecule has 0 bridgehead atoms. The van der Waals surface area contributed by atoms with Gasteiger partial charge in [0.2, 0.25) is 88.6 Å².